The summed E-state index contributed by atoms with van der Waals surface area (Å²) < 4.78 is 4.76. The first-order chi connectivity index (χ1) is 8.68. The Bertz CT molecular complexity index is 398. The first-order valence-corrected chi connectivity index (χ1v) is 6.49. The van der Waals surface area contributed by atoms with Crippen LogP contribution >= 0.6 is 11.3 Å². The fraction of sp³-hybridized carbons (Fsp3) is 0.500. The number of esters is 1. The standard InChI is InChI=1S/C6H7NO2S.C6H13NO2/c7-4-5(8)9-6-2-1-3-10-6;1-6(2,3)4(7)5(8)9/h1-3H,4,7H2;4H,7H2,1-3H3,(H,8,9). The topological polar surface area (TPSA) is 116 Å². The molecule has 0 saturated heterocycles. The molecule has 0 aliphatic carbocycles. The Kier molecular flexibility index (Phi) is 7.28. The Hall–Kier alpha value is -1.44. The second-order valence-electron chi connectivity index (χ2n) is 4.79. The minimum atomic E-state index is -0.942. The van der Waals surface area contributed by atoms with Gasteiger partial charge in [0.15, 0.2) is 5.06 Å². The van der Waals surface area contributed by atoms with E-state index in [-0.39, 0.29) is 12.0 Å². The van der Waals surface area contributed by atoms with E-state index in [9.17, 15) is 9.59 Å². The molecular formula is C12H20N2O4S. The van der Waals surface area contributed by atoms with Crippen molar-refractivity contribution in [1.82, 2.24) is 0 Å². The fourth-order valence-electron chi connectivity index (χ4n) is 0.846. The average molecular weight is 288 g/mol. The summed E-state index contributed by atoms with van der Waals surface area (Å²) >= 11 is 1.37. The summed E-state index contributed by atoms with van der Waals surface area (Å²) in [6, 6.07) is 2.76. The van der Waals surface area contributed by atoms with Crippen LogP contribution in [0.5, 0.6) is 5.06 Å². The van der Waals surface area contributed by atoms with Gasteiger partial charge in [-0.25, -0.2) is 0 Å². The third-order valence-electron chi connectivity index (χ3n) is 2.08. The quantitative estimate of drug-likeness (QED) is 0.716. The van der Waals surface area contributed by atoms with Gasteiger partial charge in [0.1, 0.15) is 6.04 Å². The molecule has 0 radical (unpaired) electrons. The molecule has 1 unspecified atom stereocenters. The van der Waals surface area contributed by atoms with Gasteiger partial charge in [0, 0.05) is 0 Å². The van der Waals surface area contributed by atoms with Crippen LogP contribution in [0.3, 0.4) is 0 Å². The largest absolute Gasteiger partial charge is 0.480 e. The van der Waals surface area contributed by atoms with Crippen LogP contribution in [0.25, 0.3) is 0 Å². The van der Waals surface area contributed by atoms with Crippen molar-refractivity contribution in [2.75, 3.05) is 6.54 Å². The normalized spacial score (nSPS) is 12.1. The Morgan fingerprint density at radius 2 is 2.05 bits per heavy atom. The summed E-state index contributed by atoms with van der Waals surface area (Å²) in [5, 5.41) is 10.8. The van der Waals surface area contributed by atoms with Crippen molar-refractivity contribution in [3.05, 3.63) is 17.5 Å². The highest BCUT2D eigenvalue weighted by molar-refractivity contribution is 7.11. The maximum atomic E-state index is 10.5. The highest BCUT2D eigenvalue weighted by Gasteiger charge is 2.26. The first-order valence-electron chi connectivity index (χ1n) is 5.61. The Morgan fingerprint density at radius 3 is 2.32 bits per heavy atom. The molecule has 0 aliphatic heterocycles. The maximum Gasteiger partial charge on any atom is 0.325 e. The van der Waals surface area contributed by atoms with Gasteiger partial charge in [-0.15, -0.1) is 11.3 Å². The number of hydrogen-bond acceptors (Lipinski definition) is 6. The SMILES string of the molecule is CC(C)(C)C(N)C(=O)O.NCC(=O)Oc1cccs1. The lowest BCUT2D eigenvalue weighted by Crippen LogP contribution is -2.41. The Balaban J connectivity index is 0.000000344. The van der Waals surface area contributed by atoms with Gasteiger partial charge in [0.2, 0.25) is 0 Å². The molecule has 0 bridgehead atoms. The molecule has 1 atom stereocenters. The molecule has 108 valence electrons. The minimum Gasteiger partial charge on any atom is -0.480 e. The van der Waals surface area contributed by atoms with E-state index in [1.54, 1.807) is 26.8 Å². The average Bonchev–Trinajstić information content (AvgIpc) is 2.80. The van der Waals surface area contributed by atoms with E-state index in [0.717, 1.165) is 0 Å². The number of thiophene rings is 1. The molecule has 6 nitrogen and oxygen atoms in total. The number of rotatable bonds is 3. The van der Waals surface area contributed by atoms with Crippen LogP contribution in [0, 0.1) is 5.41 Å². The second kappa shape index (κ2) is 7.88. The molecule has 0 fully saturated rings. The van der Waals surface area contributed by atoms with Crippen LogP contribution < -0.4 is 16.2 Å². The van der Waals surface area contributed by atoms with Gasteiger partial charge in [-0.2, -0.15) is 0 Å². The molecule has 1 rings (SSSR count). The van der Waals surface area contributed by atoms with Crippen molar-refractivity contribution >= 4 is 23.3 Å². The zero-order valence-corrected chi connectivity index (χ0v) is 12.1. The summed E-state index contributed by atoms with van der Waals surface area (Å²) in [4.78, 5) is 20.8. The molecule has 0 saturated carbocycles. The van der Waals surface area contributed by atoms with E-state index in [0.29, 0.717) is 5.06 Å². The van der Waals surface area contributed by atoms with Gasteiger partial charge in [0.05, 0.1) is 6.54 Å². The second-order valence-corrected chi connectivity index (χ2v) is 5.70. The van der Waals surface area contributed by atoms with Crippen LogP contribution in [0.15, 0.2) is 17.5 Å². The molecule has 1 aromatic rings. The van der Waals surface area contributed by atoms with Gasteiger partial charge in [0.25, 0.3) is 0 Å². The number of ether oxygens (including phenoxy) is 1. The highest BCUT2D eigenvalue weighted by atomic mass is 32.1. The smallest absolute Gasteiger partial charge is 0.325 e. The predicted octanol–water partition coefficient (Wildman–Crippen LogP) is 1.06. The van der Waals surface area contributed by atoms with E-state index < -0.39 is 18.0 Å². The molecule has 0 amide bonds. The van der Waals surface area contributed by atoms with Gasteiger partial charge < -0.3 is 21.3 Å². The number of carbonyl (C=O) groups excluding carboxylic acids is 1. The fourth-order valence-corrected chi connectivity index (χ4v) is 1.44. The lowest BCUT2D eigenvalue weighted by molar-refractivity contribution is -0.141. The molecule has 1 heterocycles. The molecule has 0 aromatic carbocycles. The molecule has 0 spiro atoms. The summed E-state index contributed by atoms with van der Waals surface area (Å²) in [6.07, 6.45) is 0. The molecular weight excluding hydrogens is 268 g/mol. The summed E-state index contributed by atoms with van der Waals surface area (Å²) in [5.74, 6) is -1.34. The van der Waals surface area contributed by atoms with Crippen molar-refractivity contribution in [3.8, 4) is 5.06 Å². The molecule has 7 heteroatoms. The zero-order chi connectivity index (χ0) is 15.1. The first kappa shape index (κ1) is 17.6. The summed E-state index contributed by atoms with van der Waals surface area (Å²) in [7, 11) is 0. The minimum absolute atomic E-state index is 0.0715. The number of carboxylic acids is 1. The van der Waals surface area contributed by atoms with Crippen molar-refractivity contribution in [3.63, 3.8) is 0 Å². The highest BCUT2D eigenvalue weighted by Crippen LogP contribution is 2.17. The van der Waals surface area contributed by atoms with E-state index in [4.69, 9.17) is 21.3 Å². The molecule has 0 aliphatic rings. The molecule has 5 N–H and O–H groups in total. The van der Waals surface area contributed by atoms with Crippen LogP contribution in [-0.4, -0.2) is 29.6 Å². The summed E-state index contributed by atoms with van der Waals surface area (Å²) in [5.41, 5.74) is 9.97. The van der Waals surface area contributed by atoms with Crippen molar-refractivity contribution in [2.45, 2.75) is 26.8 Å². The van der Waals surface area contributed by atoms with Crippen molar-refractivity contribution in [1.29, 1.82) is 0 Å². The number of nitrogens with two attached hydrogens (primary N) is 2. The van der Waals surface area contributed by atoms with Gasteiger partial charge in [-0.1, -0.05) is 20.8 Å². The lowest BCUT2D eigenvalue weighted by atomic mass is 9.88. The number of aliphatic carboxylic acids is 1. The van der Waals surface area contributed by atoms with Crippen LogP contribution in [0.4, 0.5) is 0 Å². The monoisotopic (exact) mass is 288 g/mol. The van der Waals surface area contributed by atoms with E-state index in [1.165, 1.54) is 11.3 Å². The Labute approximate surface area is 116 Å². The third-order valence-corrected chi connectivity index (χ3v) is 2.82. The van der Waals surface area contributed by atoms with Gasteiger partial charge in [-0.3, -0.25) is 9.59 Å². The Morgan fingerprint density at radius 1 is 1.47 bits per heavy atom. The third kappa shape index (κ3) is 7.55. The number of carbonyl (C=O) groups is 2. The predicted molar refractivity (Wildman–Crippen MR) is 74.1 cm³/mol. The van der Waals surface area contributed by atoms with Gasteiger partial charge in [-0.05, 0) is 22.9 Å². The zero-order valence-electron chi connectivity index (χ0n) is 11.3. The van der Waals surface area contributed by atoms with Crippen molar-refractivity contribution < 1.29 is 19.4 Å². The van der Waals surface area contributed by atoms with Crippen LogP contribution in [0.2, 0.25) is 0 Å². The van der Waals surface area contributed by atoms with E-state index >= 15 is 0 Å². The lowest BCUT2D eigenvalue weighted by Gasteiger charge is -2.22. The molecule has 19 heavy (non-hydrogen) atoms. The maximum absolute atomic E-state index is 10.5. The number of carboxylic acid groups (broad SMARTS) is 1. The summed E-state index contributed by atoms with van der Waals surface area (Å²) in [6.45, 7) is 5.32. The number of hydrogen-bond donors (Lipinski definition) is 3. The van der Waals surface area contributed by atoms with Crippen LogP contribution in [0.1, 0.15) is 20.8 Å². The molecule has 1 aromatic heterocycles. The van der Waals surface area contributed by atoms with E-state index in [1.807, 2.05) is 11.4 Å². The van der Waals surface area contributed by atoms with Crippen LogP contribution in [-0.2, 0) is 9.59 Å². The van der Waals surface area contributed by atoms with Crippen molar-refractivity contribution in [2.24, 2.45) is 16.9 Å². The van der Waals surface area contributed by atoms with Gasteiger partial charge >= 0.3 is 11.9 Å². The van der Waals surface area contributed by atoms with E-state index in [2.05, 4.69) is 0 Å².